The molecule has 0 aromatic carbocycles. The molecule has 0 spiro atoms. The van der Waals surface area contributed by atoms with E-state index in [4.69, 9.17) is 5.73 Å². The lowest BCUT2D eigenvalue weighted by Crippen LogP contribution is -2.49. The molecule has 0 aromatic rings. The van der Waals surface area contributed by atoms with Gasteiger partial charge in [-0.25, -0.2) is 0 Å². The fourth-order valence-corrected chi connectivity index (χ4v) is 2.53. The zero-order chi connectivity index (χ0) is 13.5. The Hall–Kier alpha value is -0.0300. The Labute approximate surface area is 136 Å². The molecule has 1 amide bonds. The molecule has 1 rings (SSSR count). The van der Waals surface area contributed by atoms with E-state index in [1.165, 1.54) is 0 Å². The summed E-state index contributed by atoms with van der Waals surface area (Å²) >= 11 is 0. The van der Waals surface area contributed by atoms with E-state index in [0.29, 0.717) is 12.0 Å². The van der Waals surface area contributed by atoms with Crippen molar-refractivity contribution in [3.05, 3.63) is 0 Å². The average molecular weight is 328 g/mol. The van der Waals surface area contributed by atoms with Crippen molar-refractivity contribution in [2.24, 2.45) is 11.7 Å². The summed E-state index contributed by atoms with van der Waals surface area (Å²) in [5.41, 5.74) is 5.82. The molecule has 1 aliphatic heterocycles. The Kier molecular flexibility index (Phi) is 12.9. The lowest BCUT2D eigenvalue weighted by atomic mass is 10.0. The SMILES string of the molecule is CCCC(N)C(=O)NC1CCN(CC(C)C)CC1.Cl.Cl. The van der Waals surface area contributed by atoms with Crippen LogP contribution in [0.5, 0.6) is 0 Å². The molecule has 0 saturated carbocycles. The molecular weight excluding hydrogens is 297 g/mol. The highest BCUT2D eigenvalue weighted by molar-refractivity contribution is 5.85. The van der Waals surface area contributed by atoms with Gasteiger partial charge >= 0.3 is 0 Å². The van der Waals surface area contributed by atoms with Crippen molar-refractivity contribution in [2.45, 2.75) is 58.5 Å². The molecular formula is C14H31Cl2N3O. The van der Waals surface area contributed by atoms with E-state index < -0.39 is 0 Å². The Morgan fingerprint density at radius 1 is 1.30 bits per heavy atom. The number of amides is 1. The minimum atomic E-state index is -0.330. The second-order valence-corrected chi connectivity index (χ2v) is 5.87. The van der Waals surface area contributed by atoms with Crippen LogP contribution >= 0.6 is 24.8 Å². The molecule has 1 unspecified atom stereocenters. The van der Waals surface area contributed by atoms with Gasteiger partial charge in [0.1, 0.15) is 0 Å². The van der Waals surface area contributed by atoms with Crippen LogP contribution in [0.2, 0.25) is 0 Å². The summed E-state index contributed by atoms with van der Waals surface area (Å²) in [5, 5.41) is 3.09. The van der Waals surface area contributed by atoms with E-state index in [2.05, 4.69) is 31.0 Å². The second-order valence-electron chi connectivity index (χ2n) is 5.87. The smallest absolute Gasteiger partial charge is 0.237 e. The molecule has 1 fully saturated rings. The van der Waals surface area contributed by atoms with E-state index in [0.717, 1.165) is 45.3 Å². The summed E-state index contributed by atoms with van der Waals surface area (Å²) in [6.07, 6.45) is 3.84. The van der Waals surface area contributed by atoms with Gasteiger partial charge in [0.25, 0.3) is 0 Å². The number of piperidine rings is 1. The molecule has 1 aliphatic rings. The van der Waals surface area contributed by atoms with Crippen molar-refractivity contribution in [3.8, 4) is 0 Å². The fourth-order valence-electron chi connectivity index (χ4n) is 2.53. The van der Waals surface area contributed by atoms with Gasteiger partial charge in [-0.3, -0.25) is 4.79 Å². The first-order valence-electron chi connectivity index (χ1n) is 7.31. The van der Waals surface area contributed by atoms with Crippen LogP contribution in [0.15, 0.2) is 0 Å². The number of halogens is 2. The molecule has 1 atom stereocenters. The third-order valence-corrected chi connectivity index (χ3v) is 3.49. The van der Waals surface area contributed by atoms with Crippen LogP contribution < -0.4 is 11.1 Å². The molecule has 1 saturated heterocycles. The molecule has 6 heteroatoms. The van der Waals surface area contributed by atoms with Gasteiger partial charge in [0, 0.05) is 25.7 Å². The van der Waals surface area contributed by atoms with Gasteiger partial charge < -0.3 is 16.0 Å². The number of nitrogens with zero attached hydrogens (tertiary/aromatic N) is 1. The number of hydrogen-bond acceptors (Lipinski definition) is 3. The number of nitrogens with two attached hydrogens (primary N) is 1. The lowest BCUT2D eigenvalue weighted by Gasteiger charge is -2.33. The van der Waals surface area contributed by atoms with Gasteiger partial charge in [0.2, 0.25) is 5.91 Å². The van der Waals surface area contributed by atoms with E-state index >= 15 is 0 Å². The number of rotatable bonds is 6. The number of likely N-dealkylation sites (tertiary alicyclic amines) is 1. The number of nitrogens with one attached hydrogen (secondary N) is 1. The van der Waals surface area contributed by atoms with E-state index in [1.807, 2.05) is 0 Å². The van der Waals surface area contributed by atoms with Gasteiger partial charge in [-0.1, -0.05) is 27.2 Å². The average Bonchev–Trinajstić information content (AvgIpc) is 2.31. The first-order chi connectivity index (χ1) is 8.52. The van der Waals surface area contributed by atoms with Crippen molar-refractivity contribution >= 4 is 30.7 Å². The molecule has 0 aromatic heterocycles. The van der Waals surface area contributed by atoms with Crippen molar-refractivity contribution in [1.29, 1.82) is 0 Å². The zero-order valence-corrected chi connectivity index (χ0v) is 14.6. The number of carbonyl (C=O) groups excluding carboxylic acids is 1. The molecule has 122 valence electrons. The minimum Gasteiger partial charge on any atom is -0.352 e. The highest BCUT2D eigenvalue weighted by atomic mass is 35.5. The molecule has 0 radical (unpaired) electrons. The second kappa shape index (κ2) is 11.6. The van der Waals surface area contributed by atoms with Gasteiger partial charge in [-0.15, -0.1) is 24.8 Å². The van der Waals surface area contributed by atoms with Crippen LogP contribution in [0.3, 0.4) is 0 Å². The van der Waals surface area contributed by atoms with Crippen molar-refractivity contribution in [1.82, 2.24) is 10.2 Å². The normalized spacial score (nSPS) is 18.1. The zero-order valence-electron chi connectivity index (χ0n) is 12.9. The maximum atomic E-state index is 11.8. The van der Waals surface area contributed by atoms with Crippen LogP contribution in [0.1, 0.15) is 46.5 Å². The minimum absolute atomic E-state index is 0. The summed E-state index contributed by atoms with van der Waals surface area (Å²) < 4.78 is 0. The van der Waals surface area contributed by atoms with E-state index in [9.17, 15) is 4.79 Å². The summed E-state index contributed by atoms with van der Waals surface area (Å²) in [6.45, 7) is 9.89. The fraction of sp³-hybridized carbons (Fsp3) is 0.929. The summed E-state index contributed by atoms with van der Waals surface area (Å²) in [6, 6.07) is -0.00693. The molecule has 4 nitrogen and oxygen atoms in total. The first-order valence-corrected chi connectivity index (χ1v) is 7.31. The molecule has 20 heavy (non-hydrogen) atoms. The maximum Gasteiger partial charge on any atom is 0.237 e. The predicted molar refractivity (Wildman–Crippen MR) is 89.8 cm³/mol. The largest absolute Gasteiger partial charge is 0.352 e. The summed E-state index contributed by atoms with van der Waals surface area (Å²) in [4.78, 5) is 14.3. The Morgan fingerprint density at radius 3 is 2.30 bits per heavy atom. The van der Waals surface area contributed by atoms with Gasteiger partial charge in [0.05, 0.1) is 6.04 Å². The van der Waals surface area contributed by atoms with E-state index in [1.54, 1.807) is 0 Å². The van der Waals surface area contributed by atoms with Crippen molar-refractivity contribution < 1.29 is 4.79 Å². The van der Waals surface area contributed by atoms with Crippen LogP contribution in [-0.4, -0.2) is 42.5 Å². The number of hydrogen-bond donors (Lipinski definition) is 2. The molecule has 1 heterocycles. The van der Waals surface area contributed by atoms with Crippen molar-refractivity contribution in [3.63, 3.8) is 0 Å². The quantitative estimate of drug-likeness (QED) is 0.786. The first kappa shape index (κ1) is 22.3. The molecule has 0 aliphatic carbocycles. The standard InChI is InChI=1S/C14H29N3O.2ClH/c1-4-5-13(15)14(18)16-12-6-8-17(9-7-12)10-11(2)3;;/h11-13H,4-10,15H2,1-3H3,(H,16,18);2*1H. The van der Waals surface area contributed by atoms with Crippen LogP contribution in [-0.2, 0) is 4.79 Å². The maximum absolute atomic E-state index is 11.8. The Balaban J connectivity index is 0. The topological polar surface area (TPSA) is 58.4 Å². The van der Waals surface area contributed by atoms with Crippen LogP contribution in [0.25, 0.3) is 0 Å². The Morgan fingerprint density at radius 2 is 1.85 bits per heavy atom. The monoisotopic (exact) mass is 327 g/mol. The van der Waals surface area contributed by atoms with Gasteiger partial charge in [-0.2, -0.15) is 0 Å². The third kappa shape index (κ3) is 8.30. The summed E-state index contributed by atoms with van der Waals surface area (Å²) in [7, 11) is 0. The van der Waals surface area contributed by atoms with Crippen LogP contribution in [0, 0.1) is 5.92 Å². The van der Waals surface area contributed by atoms with Gasteiger partial charge in [-0.05, 0) is 25.2 Å². The number of carbonyl (C=O) groups is 1. The predicted octanol–water partition coefficient (Wildman–Crippen LogP) is 2.19. The van der Waals surface area contributed by atoms with Crippen LogP contribution in [0.4, 0.5) is 0 Å². The van der Waals surface area contributed by atoms with Crippen molar-refractivity contribution in [2.75, 3.05) is 19.6 Å². The Bertz CT molecular complexity index is 257. The highest BCUT2D eigenvalue weighted by Crippen LogP contribution is 2.12. The summed E-state index contributed by atoms with van der Waals surface area (Å²) in [5.74, 6) is 0.744. The highest BCUT2D eigenvalue weighted by Gasteiger charge is 2.22. The molecule has 0 bridgehead atoms. The lowest BCUT2D eigenvalue weighted by molar-refractivity contribution is -0.123. The molecule has 3 N–H and O–H groups in total. The van der Waals surface area contributed by atoms with E-state index in [-0.39, 0.29) is 36.8 Å². The van der Waals surface area contributed by atoms with Gasteiger partial charge in [0.15, 0.2) is 0 Å². The third-order valence-electron chi connectivity index (χ3n) is 3.49.